The highest BCUT2D eigenvalue weighted by Gasteiger charge is 2.41. The van der Waals surface area contributed by atoms with Crippen LogP contribution in [-0.4, -0.2) is 34.4 Å². The molecular weight excluding hydrogens is 460 g/mol. The molecule has 0 aromatic heterocycles. The Balaban J connectivity index is 1.29. The van der Waals surface area contributed by atoms with Crippen molar-refractivity contribution < 1.29 is 14.3 Å². The number of carbonyl (C=O) groups excluding carboxylic acids is 1. The molecule has 182 valence electrons. The number of likely N-dealkylation sites (tertiary alicyclic amines) is 1. The summed E-state index contributed by atoms with van der Waals surface area (Å²) in [7, 11) is 0. The van der Waals surface area contributed by atoms with Gasteiger partial charge in [0, 0.05) is 34.5 Å². The minimum atomic E-state index is -0.513. The maximum Gasteiger partial charge on any atom is 0.411 e. The van der Waals surface area contributed by atoms with Gasteiger partial charge >= 0.3 is 6.09 Å². The number of carbonyl (C=O) groups is 1. The number of halogens is 1. The van der Waals surface area contributed by atoms with Crippen LogP contribution >= 0.6 is 11.6 Å². The number of hydrogen-bond acceptors (Lipinski definition) is 4. The number of benzene rings is 2. The normalized spacial score (nSPS) is 22.7. The summed E-state index contributed by atoms with van der Waals surface area (Å²) in [4.78, 5) is 20.1. The van der Waals surface area contributed by atoms with E-state index in [1.54, 1.807) is 0 Å². The number of amides is 1. The molecule has 3 heterocycles. The van der Waals surface area contributed by atoms with Crippen LogP contribution in [0.15, 0.2) is 41.0 Å². The Morgan fingerprint density at radius 1 is 1.09 bits per heavy atom. The lowest BCUT2D eigenvalue weighted by Gasteiger charge is -2.31. The number of rotatable bonds is 1. The first-order valence-electron chi connectivity index (χ1n) is 12.6. The van der Waals surface area contributed by atoms with E-state index in [1.807, 2.05) is 37.8 Å². The van der Waals surface area contributed by atoms with E-state index in [2.05, 4.69) is 25.1 Å². The van der Waals surface area contributed by atoms with Crippen molar-refractivity contribution in [1.82, 2.24) is 4.90 Å². The molecule has 0 N–H and O–H groups in total. The Labute approximate surface area is 211 Å². The largest absolute Gasteiger partial charge is 0.488 e. The molecule has 2 aromatic rings. The summed E-state index contributed by atoms with van der Waals surface area (Å²) in [5, 5.41) is 0.737. The molecule has 1 amide bonds. The van der Waals surface area contributed by atoms with E-state index in [4.69, 9.17) is 26.1 Å². The molecule has 4 aliphatic rings. The highest BCUT2D eigenvalue weighted by molar-refractivity contribution is 6.30. The average molecular weight is 491 g/mol. The van der Waals surface area contributed by atoms with E-state index >= 15 is 0 Å². The SMILES string of the molecule is C[C@H]1CC[C@@H](C2=NC3=C(C2)c2cc4c(cc2CC3)-c2ccc(Cl)cc2CO4)N1C(=O)OC(C)(C)C. The van der Waals surface area contributed by atoms with Crippen molar-refractivity contribution in [3.05, 3.63) is 57.7 Å². The summed E-state index contributed by atoms with van der Waals surface area (Å²) in [6, 6.07) is 10.7. The van der Waals surface area contributed by atoms with Crippen LogP contribution in [0.5, 0.6) is 5.75 Å². The zero-order chi connectivity index (χ0) is 24.5. The molecule has 6 heteroatoms. The smallest absolute Gasteiger partial charge is 0.411 e. The van der Waals surface area contributed by atoms with Crippen molar-refractivity contribution in [2.75, 3.05) is 0 Å². The molecule has 0 bridgehead atoms. The molecule has 0 saturated carbocycles. The van der Waals surface area contributed by atoms with Crippen LogP contribution in [0.3, 0.4) is 0 Å². The number of aryl methyl sites for hydroxylation is 1. The van der Waals surface area contributed by atoms with Gasteiger partial charge in [-0.15, -0.1) is 0 Å². The Hall–Kier alpha value is -2.79. The van der Waals surface area contributed by atoms with Crippen molar-refractivity contribution in [3.8, 4) is 16.9 Å². The summed E-state index contributed by atoms with van der Waals surface area (Å²) in [6.45, 7) is 8.39. The number of nitrogens with zero attached hydrogens (tertiary/aromatic N) is 2. The van der Waals surface area contributed by atoms with Crippen LogP contribution in [0.1, 0.15) is 70.1 Å². The monoisotopic (exact) mass is 490 g/mol. The second-order valence-electron chi connectivity index (χ2n) is 11.1. The summed E-state index contributed by atoms with van der Waals surface area (Å²) < 4.78 is 11.9. The summed E-state index contributed by atoms with van der Waals surface area (Å²) in [5.74, 6) is 0.922. The van der Waals surface area contributed by atoms with Crippen LogP contribution in [0.2, 0.25) is 5.02 Å². The van der Waals surface area contributed by atoms with E-state index in [0.717, 1.165) is 59.7 Å². The molecule has 1 fully saturated rings. The molecule has 6 rings (SSSR count). The summed E-state index contributed by atoms with van der Waals surface area (Å²) in [6.07, 6.45) is 4.32. The lowest BCUT2D eigenvalue weighted by molar-refractivity contribution is 0.0205. The third kappa shape index (κ3) is 3.94. The minimum Gasteiger partial charge on any atom is -0.488 e. The van der Waals surface area contributed by atoms with E-state index in [0.29, 0.717) is 6.61 Å². The van der Waals surface area contributed by atoms with E-state index in [9.17, 15) is 4.79 Å². The van der Waals surface area contributed by atoms with Gasteiger partial charge in [-0.05, 0) is 105 Å². The topological polar surface area (TPSA) is 51.1 Å². The quantitative estimate of drug-likeness (QED) is 0.425. The van der Waals surface area contributed by atoms with Crippen LogP contribution in [0.25, 0.3) is 16.7 Å². The maximum atomic E-state index is 13.0. The average Bonchev–Trinajstić information content (AvgIpc) is 3.40. The summed E-state index contributed by atoms with van der Waals surface area (Å²) >= 11 is 6.21. The van der Waals surface area contributed by atoms with Gasteiger partial charge in [0.1, 0.15) is 18.0 Å². The van der Waals surface area contributed by atoms with Crippen LogP contribution in [0, 0.1) is 0 Å². The van der Waals surface area contributed by atoms with E-state index in [1.165, 1.54) is 28.0 Å². The molecule has 1 saturated heterocycles. The molecule has 2 atom stereocenters. The molecular formula is C29H31ClN2O3. The number of fused-ring (bicyclic) bond motifs is 5. The first-order chi connectivity index (χ1) is 16.7. The van der Waals surface area contributed by atoms with Gasteiger partial charge in [0.05, 0.1) is 6.04 Å². The predicted molar refractivity (Wildman–Crippen MR) is 139 cm³/mol. The van der Waals surface area contributed by atoms with Gasteiger partial charge in [-0.25, -0.2) is 4.79 Å². The third-order valence-corrected chi connectivity index (χ3v) is 7.78. The molecule has 0 unspecified atom stereocenters. The molecule has 1 aliphatic carbocycles. The highest BCUT2D eigenvalue weighted by atomic mass is 35.5. The molecule has 3 aliphatic heterocycles. The molecule has 0 spiro atoms. The molecule has 5 nitrogen and oxygen atoms in total. The van der Waals surface area contributed by atoms with Crippen molar-refractivity contribution >= 4 is 29.0 Å². The number of hydrogen-bond donors (Lipinski definition) is 0. The van der Waals surface area contributed by atoms with Crippen LogP contribution in [-0.2, 0) is 17.8 Å². The van der Waals surface area contributed by atoms with Gasteiger partial charge in [-0.2, -0.15) is 0 Å². The lowest BCUT2D eigenvalue weighted by Crippen LogP contribution is -2.46. The first-order valence-corrected chi connectivity index (χ1v) is 13.0. The Bertz CT molecular complexity index is 1300. The highest BCUT2D eigenvalue weighted by Crippen LogP contribution is 2.47. The standard InChI is InChI=1S/C29H31ClN2O3/c1-16-5-10-26(32(16)28(33)35-29(2,3)4)25-13-22-21-14-27-23(12-17(21)6-9-24(22)31-25)20-8-7-19(30)11-18(20)15-34-27/h7-8,11-12,14,16,26H,5-6,9-10,13,15H2,1-4H3/t16-,26-/m0/s1. The van der Waals surface area contributed by atoms with Gasteiger partial charge in [0.2, 0.25) is 0 Å². The van der Waals surface area contributed by atoms with Crippen molar-refractivity contribution in [1.29, 1.82) is 0 Å². The fraction of sp³-hybridized carbons (Fsp3) is 0.448. The van der Waals surface area contributed by atoms with Gasteiger partial charge in [0.25, 0.3) is 0 Å². The number of ether oxygens (including phenoxy) is 2. The first kappa shape index (κ1) is 22.7. The molecule has 35 heavy (non-hydrogen) atoms. The second-order valence-corrected chi connectivity index (χ2v) is 11.6. The lowest BCUT2D eigenvalue weighted by atomic mass is 9.84. The van der Waals surface area contributed by atoms with Crippen molar-refractivity contribution in [2.45, 2.75) is 84.1 Å². The fourth-order valence-electron chi connectivity index (χ4n) is 5.94. The number of allylic oxidation sites excluding steroid dienone is 2. The van der Waals surface area contributed by atoms with Gasteiger partial charge in [-0.3, -0.25) is 9.89 Å². The van der Waals surface area contributed by atoms with E-state index < -0.39 is 5.60 Å². The zero-order valence-corrected chi connectivity index (χ0v) is 21.5. The Kier molecular flexibility index (Phi) is 5.26. The van der Waals surface area contributed by atoms with Crippen molar-refractivity contribution in [3.63, 3.8) is 0 Å². The Morgan fingerprint density at radius 3 is 2.71 bits per heavy atom. The predicted octanol–water partition coefficient (Wildman–Crippen LogP) is 7.19. The Morgan fingerprint density at radius 2 is 1.91 bits per heavy atom. The van der Waals surface area contributed by atoms with Gasteiger partial charge in [-0.1, -0.05) is 17.7 Å². The number of aliphatic imine (C=N–C) groups is 1. The fourth-order valence-corrected chi connectivity index (χ4v) is 6.14. The van der Waals surface area contributed by atoms with Gasteiger partial charge < -0.3 is 9.47 Å². The van der Waals surface area contributed by atoms with Crippen LogP contribution < -0.4 is 4.74 Å². The minimum absolute atomic E-state index is 0.000553. The summed E-state index contributed by atoms with van der Waals surface area (Å²) in [5.41, 5.74) is 9.10. The maximum absolute atomic E-state index is 13.0. The molecule has 2 aromatic carbocycles. The second kappa shape index (κ2) is 8.12. The molecule has 0 radical (unpaired) electrons. The van der Waals surface area contributed by atoms with Crippen molar-refractivity contribution in [2.24, 2.45) is 4.99 Å². The van der Waals surface area contributed by atoms with E-state index in [-0.39, 0.29) is 18.2 Å². The van der Waals surface area contributed by atoms with Gasteiger partial charge in [0.15, 0.2) is 0 Å². The van der Waals surface area contributed by atoms with Crippen LogP contribution in [0.4, 0.5) is 4.79 Å². The third-order valence-electron chi connectivity index (χ3n) is 7.54. The zero-order valence-electron chi connectivity index (χ0n) is 20.8.